The van der Waals surface area contributed by atoms with Crippen molar-refractivity contribution in [3.05, 3.63) is 51.7 Å². The summed E-state index contributed by atoms with van der Waals surface area (Å²) in [6.07, 6.45) is 4.35. The summed E-state index contributed by atoms with van der Waals surface area (Å²) in [7, 11) is 0. The zero-order valence-corrected chi connectivity index (χ0v) is 17.5. The molecule has 0 spiro atoms. The maximum atomic E-state index is 12.5. The van der Waals surface area contributed by atoms with Crippen molar-refractivity contribution in [3.8, 4) is 6.07 Å². The van der Waals surface area contributed by atoms with E-state index < -0.39 is 18.5 Å². The van der Waals surface area contributed by atoms with Crippen molar-refractivity contribution in [2.75, 3.05) is 11.9 Å². The molecule has 152 valence electrons. The van der Waals surface area contributed by atoms with Crippen molar-refractivity contribution >= 4 is 17.7 Å². The van der Waals surface area contributed by atoms with Gasteiger partial charge in [-0.1, -0.05) is 25.0 Å². The lowest BCUT2D eigenvalue weighted by Gasteiger charge is -2.19. The Bertz CT molecular complexity index is 992. The fourth-order valence-corrected chi connectivity index (χ4v) is 4.05. The smallest absolute Gasteiger partial charge is 0.338 e. The molecule has 0 saturated heterocycles. The van der Waals surface area contributed by atoms with Crippen LogP contribution in [0, 0.1) is 39.0 Å². The largest absolute Gasteiger partial charge is 0.452 e. The molecule has 0 atom stereocenters. The average Bonchev–Trinajstić information content (AvgIpc) is 3.29. The Kier molecular flexibility index (Phi) is 6.07. The van der Waals surface area contributed by atoms with E-state index in [1.807, 2.05) is 33.8 Å². The van der Waals surface area contributed by atoms with Gasteiger partial charge in [0.2, 0.25) is 0 Å². The number of nitriles is 1. The summed E-state index contributed by atoms with van der Waals surface area (Å²) in [4.78, 5) is 24.9. The molecule has 6 nitrogen and oxygen atoms in total. The highest BCUT2D eigenvalue weighted by Gasteiger charge is 2.27. The second kappa shape index (κ2) is 8.52. The number of nitrogens with zero attached hydrogens (tertiary/aromatic N) is 2. The molecule has 1 amide bonds. The van der Waals surface area contributed by atoms with E-state index in [-0.39, 0.29) is 6.04 Å². The van der Waals surface area contributed by atoms with Crippen molar-refractivity contribution in [1.82, 2.24) is 4.57 Å². The number of anilines is 1. The standard InChI is InChI=1S/C23H27N3O3/c1-14-8-7-11-19(15(14)2)23(28)29-13-21(27)25-22-20(12-24)16(3)17(4)26(22)18-9-5-6-10-18/h7-8,11,18H,5-6,9-10,13H2,1-4H3,(H,25,27). The van der Waals surface area contributed by atoms with Gasteiger partial charge in [0, 0.05) is 11.7 Å². The van der Waals surface area contributed by atoms with Crippen LogP contribution < -0.4 is 5.32 Å². The number of esters is 1. The van der Waals surface area contributed by atoms with Gasteiger partial charge in [0.15, 0.2) is 6.61 Å². The maximum Gasteiger partial charge on any atom is 0.338 e. The van der Waals surface area contributed by atoms with Crippen LogP contribution in [0.1, 0.15) is 70.0 Å². The van der Waals surface area contributed by atoms with Crippen LogP contribution in [0.2, 0.25) is 0 Å². The van der Waals surface area contributed by atoms with E-state index in [0.717, 1.165) is 48.1 Å². The number of hydrogen-bond acceptors (Lipinski definition) is 4. The van der Waals surface area contributed by atoms with E-state index in [2.05, 4.69) is 16.0 Å². The lowest BCUT2D eigenvalue weighted by Crippen LogP contribution is -2.24. The molecule has 0 unspecified atom stereocenters. The molecule has 3 rings (SSSR count). The molecule has 1 aliphatic carbocycles. The van der Waals surface area contributed by atoms with Gasteiger partial charge in [-0.25, -0.2) is 4.79 Å². The van der Waals surface area contributed by atoms with Crippen LogP contribution in [0.15, 0.2) is 18.2 Å². The fourth-order valence-electron chi connectivity index (χ4n) is 4.05. The van der Waals surface area contributed by atoms with Crippen LogP contribution in [-0.4, -0.2) is 23.1 Å². The Labute approximate surface area is 171 Å². The molecule has 29 heavy (non-hydrogen) atoms. The molecule has 1 N–H and O–H groups in total. The number of benzene rings is 1. The number of aromatic nitrogens is 1. The lowest BCUT2D eigenvalue weighted by molar-refractivity contribution is -0.119. The maximum absolute atomic E-state index is 12.5. The summed E-state index contributed by atoms with van der Waals surface area (Å²) in [6, 6.07) is 7.90. The van der Waals surface area contributed by atoms with E-state index in [1.165, 1.54) is 0 Å². The van der Waals surface area contributed by atoms with Gasteiger partial charge in [0.05, 0.1) is 11.1 Å². The van der Waals surface area contributed by atoms with Crippen molar-refractivity contribution in [2.45, 2.75) is 59.4 Å². The number of aryl methyl sites for hydroxylation is 1. The first-order valence-corrected chi connectivity index (χ1v) is 9.99. The zero-order valence-electron chi connectivity index (χ0n) is 17.5. The second-order valence-electron chi connectivity index (χ2n) is 7.73. The van der Waals surface area contributed by atoms with E-state index in [9.17, 15) is 14.9 Å². The number of rotatable bonds is 5. The minimum Gasteiger partial charge on any atom is -0.452 e. The SMILES string of the molecule is Cc1cccc(C(=O)OCC(=O)Nc2c(C#N)c(C)c(C)n2C2CCCC2)c1C. The number of amides is 1. The normalized spacial score (nSPS) is 13.9. The molecule has 0 bridgehead atoms. The van der Waals surface area contributed by atoms with Gasteiger partial charge in [-0.15, -0.1) is 0 Å². The quantitative estimate of drug-likeness (QED) is 0.758. The zero-order chi connectivity index (χ0) is 21.1. The monoisotopic (exact) mass is 393 g/mol. The Hall–Kier alpha value is -3.07. The van der Waals surface area contributed by atoms with Crippen LogP contribution in [0.5, 0.6) is 0 Å². The van der Waals surface area contributed by atoms with E-state index >= 15 is 0 Å². The Morgan fingerprint density at radius 3 is 2.52 bits per heavy atom. The molecule has 1 aromatic heterocycles. The van der Waals surface area contributed by atoms with Crippen LogP contribution in [0.25, 0.3) is 0 Å². The molecular formula is C23H27N3O3. The number of nitrogens with one attached hydrogen (secondary N) is 1. The third-order valence-electron chi connectivity index (χ3n) is 5.98. The molecule has 1 saturated carbocycles. The third kappa shape index (κ3) is 4.04. The molecular weight excluding hydrogens is 366 g/mol. The van der Waals surface area contributed by atoms with Crippen molar-refractivity contribution in [1.29, 1.82) is 5.26 Å². The van der Waals surface area contributed by atoms with Gasteiger partial charge >= 0.3 is 5.97 Å². The van der Waals surface area contributed by atoms with Gasteiger partial charge in [-0.3, -0.25) is 4.79 Å². The van der Waals surface area contributed by atoms with Crippen molar-refractivity contribution < 1.29 is 14.3 Å². The first-order valence-electron chi connectivity index (χ1n) is 9.99. The third-order valence-corrected chi connectivity index (χ3v) is 5.98. The molecule has 1 aromatic carbocycles. The molecule has 0 aliphatic heterocycles. The molecule has 0 radical (unpaired) electrons. The molecule has 1 heterocycles. The fraction of sp³-hybridized carbons (Fsp3) is 0.435. The highest BCUT2D eigenvalue weighted by Crippen LogP contribution is 2.37. The van der Waals surface area contributed by atoms with Crippen LogP contribution in [0.3, 0.4) is 0 Å². The molecule has 2 aromatic rings. The summed E-state index contributed by atoms with van der Waals surface area (Å²) in [5.74, 6) is -0.459. The van der Waals surface area contributed by atoms with Gasteiger partial charge in [-0.05, 0) is 63.3 Å². The van der Waals surface area contributed by atoms with Gasteiger partial charge < -0.3 is 14.6 Å². The van der Waals surface area contributed by atoms with Crippen LogP contribution in [0.4, 0.5) is 5.82 Å². The highest BCUT2D eigenvalue weighted by atomic mass is 16.5. The van der Waals surface area contributed by atoms with Crippen molar-refractivity contribution in [2.24, 2.45) is 0 Å². The lowest BCUT2D eigenvalue weighted by atomic mass is 10.0. The Morgan fingerprint density at radius 1 is 1.17 bits per heavy atom. The Morgan fingerprint density at radius 2 is 1.86 bits per heavy atom. The Balaban J connectivity index is 1.75. The predicted octanol–water partition coefficient (Wildman–Crippen LogP) is 4.50. The summed E-state index contributed by atoms with van der Waals surface area (Å²) in [5.41, 5.74) is 4.63. The van der Waals surface area contributed by atoms with Crippen molar-refractivity contribution in [3.63, 3.8) is 0 Å². The molecule has 6 heteroatoms. The number of carbonyl (C=O) groups is 2. The number of hydrogen-bond donors (Lipinski definition) is 1. The highest BCUT2D eigenvalue weighted by molar-refractivity contribution is 5.96. The molecule has 1 fully saturated rings. The van der Waals surface area contributed by atoms with E-state index in [0.29, 0.717) is 16.9 Å². The second-order valence-corrected chi connectivity index (χ2v) is 7.73. The minimum absolute atomic E-state index is 0.281. The van der Waals surface area contributed by atoms with E-state index in [4.69, 9.17) is 4.74 Å². The average molecular weight is 393 g/mol. The van der Waals surface area contributed by atoms with Crippen LogP contribution >= 0.6 is 0 Å². The first-order chi connectivity index (χ1) is 13.8. The molecule has 1 aliphatic rings. The van der Waals surface area contributed by atoms with Crippen LogP contribution in [-0.2, 0) is 9.53 Å². The van der Waals surface area contributed by atoms with E-state index in [1.54, 1.807) is 12.1 Å². The number of carbonyl (C=O) groups excluding carboxylic acids is 2. The predicted molar refractivity (Wildman–Crippen MR) is 111 cm³/mol. The summed E-state index contributed by atoms with van der Waals surface area (Å²) in [5, 5.41) is 12.4. The first kappa shape index (κ1) is 20.7. The van der Waals surface area contributed by atoms with Gasteiger partial charge in [0.1, 0.15) is 11.9 Å². The topological polar surface area (TPSA) is 84.1 Å². The minimum atomic E-state index is -0.527. The van der Waals surface area contributed by atoms with Gasteiger partial charge in [0.25, 0.3) is 5.91 Å². The summed E-state index contributed by atoms with van der Waals surface area (Å²) >= 11 is 0. The van der Waals surface area contributed by atoms with Gasteiger partial charge in [-0.2, -0.15) is 5.26 Å². The summed E-state index contributed by atoms with van der Waals surface area (Å²) in [6.45, 7) is 7.25. The summed E-state index contributed by atoms with van der Waals surface area (Å²) < 4.78 is 7.31. The number of ether oxygens (including phenoxy) is 1.